The summed E-state index contributed by atoms with van der Waals surface area (Å²) in [4.78, 5) is 40.9. The van der Waals surface area contributed by atoms with Crippen LogP contribution in [0.5, 0.6) is 5.75 Å². The number of imidazole rings is 1. The van der Waals surface area contributed by atoms with Gasteiger partial charge in [-0.1, -0.05) is 18.2 Å². The summed E-state index contributed by atoms with van der Waals surface area (Å²) >= 11 is 0. The average molecular weight is 743 g/mol. The lowest BCUT2D eigenvalue weighted by molar-refractivity contribution is -0.134. The molecule has 3 fully saturated rings. The van der Waals surface area contributed by atoms with Crippen molar-refractivity contribution in [2.45, 2.75) is 44.1 Å². The highest BCUT2D eigenvalue weighted by atomic mass is 19.1. The number of rotatable bonds is 10. The summed E-state index contributed by atoms with van der Waals surface area (Å²) in [5, 5.41) is 13.0. The number of piperidine rings is 1. The fourth-order valence-corrected chi connectivity index (χ4v) is 8.28. The van der Waals surface area contributed by atoms with Crippen molar-refractivity contribution in [3.05, 3.63) is 96.1 Å². The van der Waals surface area contributed by atoms with Crippen LogP contribution >= 0.6 is 0 Å². The van der Waals surface area contributed by atoms with Crippen molar-refractivity contribution in [2.24, 2.45) is 7.05 Å². The molecule has 0 aliphatic carbocycles. The first-order valence-corrected chi connectivity index (χ1v) is 19.1. The first-order chi connectivity index (χ1) is 26.9. The average Bonchev–Trinajstić information content (AvgIpc) is 3.94. The van der Waals surface area contributed by atoms with Crippen LogP contribution in [0.1, 0.15) is 55.3 Å². The van der Waals surface area contributed by atoms with Gasteiger partial charge in [-0.05, 0) is 79.8 Å². The molecule has 4 aromatic heterocycles. The maximum absolute atomic E-state index is 14.1. The van der Waals surface area contributed by atoms with Gasteiger partial charge in [0.2, 0.25) is 11.8 Å². The molecule has 2 amide bonds. The van der Waals surface area contributed by atoms with Gasteiger partial charge in [0.15, 0.2) is 5.65 Å². The number of imide groups is 1. The molecule has 2 aromatic carbocycles. The lowest BCUT2D eigenvalue weighted by Crippen LogP contribution is -2.47. The Morgan fingerprint density at radius 1 is 0.909 bits per heavy atom. The second-order valence-electron chi connectivity index (χ2n) is 14.6. The molecule has 1 unspecified atom stereocenters. The van der Waals surface area contributed by atoms with Crippen LogP contribution in [0.3, 0.4) is 0 Å². The third-order valence-corrected chi connectivity index (χ3v) is 11.1. The number of aryl methyl sites for hydroxylation is 1. The molecule has 282 valence electrons. The molecule has 55 heavy (non-hydrogen) atoms. The standard InChI is InChI=1S/C41H43FN10O3/c1-48-34-25-29(11-12-30(34)40(47-48)31-13-16-39(53)45-41(31)54)55-23-5-17-49-19-21-50(22-20-49)37-10-3-8-32(44-37)35-26-43-36-14-15-38(46-52(35)36)51-18-4-9-33(51)27-6-2-7-28(42)24-27/h2-3,6-8,10-12,14-15,24-26,31,33H,4-5,9,13,16-23H2,1H3,(H,45,53,54)/t31?,33-/m1/s1. The summed E-state index contributed by atoms with van der Waals surface area (Å²) < 4.78 is 23.9. The highest BCUT2D eigenvalue weighted by molar-refractivity contribution is 6.02. The summed E-state index contributed by atoms with van der Waals surface area (Å²) in [7, 11) is 1.86. The molecule has 6 aromatic rings. The number of benzene rings is 2. The van der Waals surface area contributed by atoms with E-state index < -0.39 is 5.92 Å². The number of nitrogens with zero attached hydrogens (tertiary/aromatic N) is 9. The first kappa shape index (κ1) is 34.9. The van der Waals surface area contributed by atoms with Crippen LogP contribution in [0.25, 0.3) is 27.9 Å². The fraction of sp³-hybridized carbons (Fsp3) is 0.366. The predicted octanol–water partition coefficient (Wildman–Crippen LogP) is 5.27. The zero-order valence-electron chi connectivity index (χ0n) is 30.8. The van der Waals surface area contributed by atoms with Crippen LogP contribution < -0.4 is 19.9 Å². The molecule has 0 bridgehead atoms. The molecule has 2 atom stereocenters. The van der Waals surface area contributed by atoms with Crippen LogP contribution in [0.2, 0.25) is 0 Å². The van der Waals surface area contributed by atoms with Crippen LogP contribution in [0.4, 0.5) is 16.0 Å². The van der Waals surface area contributed by atoms with E-state index in [1.54, 1.807) is 16.8 Å². The Morgan fingerprint density at radius 3 is 2.64 bits per heavy atom. The molecule has 3 aliphatic rings. The lowest BCUT2D eigenvalue weighted by atomic mass is 9.93. The third-order valence-electron chi connectivity index (χ3n) is 11.1. The van der Waals surface area contributed by atoms with Gasteiger partial charge in [-0.15, -0.1) is 5.10 Å². The van der Waals surface area contributed by atoms with Crippen LogP contribution in [-0.4, -0.2) is 92.0 Å². The molecule has 0 saturated carbocycles. The molecule has 0 spiro atoms. The lowest BCUT2D eigenvalue weighted by Gasteiger charge is -2.35. The van der Waals surface area contributed by atoms with E-state index in [4.69, 9.17) is 14.8 Å². The Balaban J connectivity index is 0.798. The highest BCUT2D eigenvalue weighted by Crippen LogP contribution is 2.36. The molecule has 13 nitrogen and oxygen atoms in total. The first-order valence-electron chi connectivity index (χ1n) is 19.1. The number of carbonyl (C=O) groups is 2. The zero-order valence-corrected chi connectivity index (χ0v) is 30.8. The number of amides is 2. The smallest absolute Gasteiger partial charge is 0.235 e. The topological polar surface area (TPSA) is 126 Å². The third kappa shape index (κ3) is 6.97. The van der Waals surface area contributed by atoms with E-state index in [1.807, 2.05) is 66.3 Å². The molecule has 7 heterocycles. The van der Waals surface area contributed by atoms with Gasteiger partial charge < -0.3 is 14.5 Å². The van der Waals surface area contributed by atoms with Gasteiger partial charge in [-0.2, -0.15) is 5.10 Å². The van der Waals surface area contributed by atoms with Crippen molar-refractivity contribution < 1.29 is 18.7 Å². The number of hydrogen-bond donors (Lipinski definition) is 1. The van der Waals surface area contributed by atoms with Crippen molar-refractivity contribution in [1.29, 1.82) is 0 Å². The second-order valence-corrected chi connectivity index (χ2v) is 14.6. The van der Waals surface area contributed by atoms with Crippen LogP contribution in [0.15, 0.2) is 79.0 Å². The molecular weight excluding hydrogens is 700 g/mol. The Bertz CT molecular complexity index is 2390. The number of aromatic nitrogens is 6. The molecule has 3 saturated heterocycles. The maximum atomic E-state index is 14.1. The van der Waals surface area contributed by atoms with E-state index in [0.717, 1.165) is 109 Å². The summed E-state index contributed by atoms with van der Waals surface area (Å²) in [6.07, 6.45) is 5.48. The van der Waals surface area contributed by atoms with E-state index in [2.05, 4.69) is 36.2 Å². The number of carbonyl (C=O) groups excluding carboxylic acids is 2. The summed E-state index contributed by atoms with van der Waals surface area (Å²) in [5.74, 6) is 1.38. The van der Waals surface area contributed by atoms with Gasteiger partial charge in [0, 0.05) is 64.2 Å². The number of pyridine rings is 1. The minimum atomic E-state index is -0.430. The van der Waals surface area contributed by atoms with Crippen LogP contribution in [-0.2, 0) is 16.6 Å². The van der Waals surface area contributed by atoms with Gasteiger partial charge >= 0.3 is 0 Å². The van der Waals surface area contributed by atoms with Crippen molar-refractivity contribution >= 4 is 40.0 Å². The fourth-order valence-electron chi connectivity index (χ4n) is 8.28. The number of piperazine rings is 1. The van der Waals surface area contributed by atoms with Gasteiger partial charge in [0.25, 0.3) is 0 Å². The maximum Gasteiger partial charge on any atom is 0.235 e. The van der Waals surface area contributed by atoms with Gasteiger partial charge in [0.1, 0.15) is 28.9 Å². The second kappa shape index (κ2) is 14.7. The van der Waals surface area contributed by atoms with E-state index in [0.29, 0.717) is 25.1 Å². The number of anilines is 2. The van der Waals surface area contributed by atoms with Crippen molar-refractivity contribution in [3.63, 3.8) is 0 Å². The number of hydrogen-bond acceptors (Lipinski definition) is 10. The molecule has 14 heteroatoms. The highest BCUT2D eigenvalue weighted by Gasteiger charge is 2.32. The molecule has 9 rings (SSSR count). The SMILES string of the molecule is Cn1nc(C2CCC(=O)NC2=O)c2ccc(OCCCN3CCN(c4cccc(-c5cnc6ccc(N7CCC[C@@H]7c7cccc(F)c7)nn56)n4)CC3)cc21. The molecule has 1 N–H and O–H groups in total. The van der Waals surface area contributed by atoms with Gasteiger partial charge in [0.05, 0.1) is 41.7 Å². The Hall–Kier alpha value is -5.89. The molecule has 3 aliphatic heterocycles. The predicted molar refractivity (Wildman–Crippen MR) is 207 cm³/mol. The van der Waals surface area contributed by atoms with E-state index in [1.165, 1.54) is 6.07 Å². The van der Waals surface area contributed by atoms with Gasteiger partial charge in [-0.3, -0.25) is 24.5 Å². The molecule has 0 radical (unpaired) electrons. The van der Waals surface area contributed by atoms with E-state index in [-0.39, 0.29) is 23.7 Å². The van der Waals surface area contributed by atoms with Crippen LogP contribution in [0, 0.1) is 5.82 Å². The largest absolute Gasteiger partial charge is 0.493 e. The monoisotopic (exact) mass is 742 g/mol. The normalized spacial score (nSPS) is 19.5. The molecular formula is C41H43FN10O3. The van der Waals surface area contributed by atoms with E-state index in [9.17, 15) is 14.0 Å². The number of nitrogens with one attached hydrogen (secondary N) is 1. The summed E-state index contributed by atoms with van der Waals surface area (Å²) in [6, 6.07) is 22.9. The van der Waals surface area contributed by atoms with E-state index >= 15 is 0 Å². The Kier molecular flexibility index (Phi) is 9.34. The minimum Gasteiger partial charge on any atom is -0.493 e. The minimum absolute atomic E-state index is 0.0753. The quantitative estimate of drug-likeness (QED) is 0.147. The summed E-state index contributed by atoms with van der Waals surface area (Å²) in [6.45, 7) is 5.98. The van der Waals surface area contributed by atoms with Gasteiger partial charge in [-0.25, -0.2) is 18.9 Å². The van der Waals surface area contributed by atoms with Crippen molar-refractivity contribution in [2.75, 3.05) is 55.7 Å². The van der Waals surface area contributed by atoms with Crippen molar-refractivity contribution in [3.8, 4) is 17.1 Å². The Morgan fingerprint density at radius 2 is 1.78 bits per heavy atom. The number of halogens is 1. The van der Waals surface area contributed by atoms with Crippen molar-refractivity contribution in [1.82, 2.24) is 39.6 Å². The zero-order chi connectivity index (χ0) is 37.5. The Labute approximate surface area is 317 Å². The summed E-state index contributed by atoms with van der Waals surface area (Å²) in [5.41, 5.74) is 4.96. The number of fused-ring (bicyclic) bond motifs is 2. The number of ether oxygens (including phenoxy) is 1.